The summed E-state index contributed by atoms with van der Waals surface area (Å²) in [6.45, 7) is 3.31. The Morgan fingerprint density at radius 1 is 1.29 bits per heavy atom. The number of carbonyl (C=O) groups is 1. The van der Waals surface area contributed by atoms with Gasteiger partial charge in [0.15, 0.2) is 0 Å². The molecule has 2 aliphatic heterocycles. The Kier molecular flexibility index (Phi) is 4.40. The SMILES string of the molecule is CCNC(=O)CN1[C@@H]2CCC[C@H]1C[C@H](NC)C2. The van der Waals surface area contributed by atoms with Crippen molar-refractivity contribution in [1.29, 1.82) is 0 Å². The minimum Gasteiger partial charge on any atom is -0.355 e. The molecule has 98 valence electrons. The molecule has 0 aliphatic carbocycles. The van der Waals surface area contributed by atoms with Gasteiger partial charge in [-0.1, -0.05) is 6.42 Å². The molecular formula is C13H25N3O. The van der Waals surface area contributed by atoms with Crippen LogP contribution < -0.4 is 10.6 Å². The molecule has 0 saturated carbocycles. The molecule has 2 heterocycles. The first-order chi connectivity index (χ1) is 8.24. The maximum absolute atomic E-state index is 11.7. The lowest BCUT2D eigenvalue weighted by Crippen LogP contribution is -2.58. The highest BCUT2D eigenvalue weighted by Crippen LogP contribution is 2.33. The molecule has 0 spiro atoms. The fraction of sp³-hybridized carbons (Fsp3) is 0.923. The summed E-state index contributed by atoms with van der Waals surface area (Å²) in [6.07, 6.45) is 6.25. The number of nitrogens with one attached hydrogen (secondary N) is 2. The van der Waals surface area contributed by atoms with Crippen molar-refractivity contribution in [3.05, 3.63) is 0 Å². The first-order valence-corrected chi connectivity index (χ1v) is 6.94. The zero-order valence-corrected chi connectivity index (χ0v) is 11.0. The zero-order chi connectivity index (χ0) is 12.3. The maximum atomic E-state index is 11.7. The molecule has 4 nitrogen and oxygen atoms in total. The number of rotatable bonds is 4. The van der Waals surface area contributed by atoms with Crippen LogP contribution in [0.1, 0.15) is 39.0 Å². The quantitative estimate of drug-likeness (QED) is 0.760. The Morgan fingerprint density at radius 2 is 1.94 bits per heavy atom. The van der Waals surface area contributed by atoms with Gasteiger partial charge in [0, 0.05) is 24.7 Å². The van der Waals surface area contributed by atoms with Crippen LogP contribution in [0.5, 0.6) is 0 Å². The van der Waals surface area contributed by atoms with E-state index in [1.165, 1.54) is 32.1 Å². The van der Waals surface area contributed by atoms with Crippen LogP contribution in [0, 0.1) is 0 Å². The van der Waals surface area contributed by atoms with Crippen molar-refractivity contribution >= 4 is 5.91 Å². The Hall–Kier alpha value is -0.610. The highest BCUT2D eigenvalue weighted by atomic mass is 16.2. The molecule has 2 fully saturated rings. The van der Waals surface area contributed by atoms with E-state index in [0.29, 0.717) is 24.7 Å². The molecule has 1 amide bonds. The molecule has 17 heavy (non-hydrogen) atoms. The summed E-state index contributed by atoms with van der Waals surface area (Å²) in [4.78, 5) is 14.2. The average molecular weight is 239 g/mol. The molecule has 3 atom stereocenters. The van der Waals surface area contributed by atoms with Gasteiger partial charge in [0.25, 0.3) is 0 Å². The maximum Gasteiger partial charge on any atom is 0.234 e. The van der Waals surface area contributed by atoms with E-state index in [1.54, 1.807) is 0 Å². The number of piperidine rings is 2. The summed E-state index contributed by atoms with van der Waals surface area (Å²) in [7, 11) is 2.06. The Balaban J connectivity index is 1.95. The second-order valence-electron chi connectivity index (χ2n) is 5.32. The van der Waals surface area contributed by atoms with Gasteiger partial charge in [-0.3, -0.25) is 9.69 Å². The zero-order valence-electron chi connectivity index (χ0n) is 11.0. The fourth-order valence-corrected chi connectivity index (χ4v) is 3.39. The molecule has 0 aromatic heterocycles. The molecule has 0 radical (unpaired) electrons. The Labute approximate surface area is 104 Å². The fourth-order valence-electron chi connectivity index (χ4n) is 3.39. The normalized spacial score (nSPS) is 33.4. The van der Waals surface area contributed by atoms with E-state index in [2.05, 4.69) is 22.6 Å². The minimum atomic E-state index is 0.187. The van der Waals surface area contributed by atoms with Gasteiger partial charge in [0.05, 0.1) is 6.54 Å². The Bertz CT molecular complexity index is 255. The summed E-state index contributed by atoms with van der Waals surface area (Å²) in [5, 5.41) is 6.32. The summed E-state index contributed by atoms with van der Waals surface area (Å²) in [5.41, 5.74) is 0. The van der Waals surface area contributed by atoms with Crippen LogP contribution in [0.15, 0.2) is 0 Å². The molecule has 0 aromatic carbocycles. The largest absolute Gasteiger partial charge is 0.355 e. The predicted octanol–water partition coefficient (Wildman–Crippen LogP) is 0.727. The lowest BCUT2D eigenvalue weighted by molar-refractivity contribution is -0.125. The van der Waals surface area contributed by atoms with Crippen molar-refractivity contribution in [2.24, 2.45) is 0 Å². The highest BCUT2D eigenvalue weighted by Gasteiger charge is 2.38. The number of fused-ring (bicyclic) bond motifs is 2. The van der Waals surface area contributed by atoms with Crippen LogP contribution >= 0.6 is 0 Å². The van der Waals surface area contributed by atoms with E-state index >= 15 is 0 Å². The van der Waals surface area contributed by atoms with Gasteiger partial charge in [0.1, 0.15) is 0 Å². The predicted molar refractivity (Wildman–Crippen MR) is 68.9 cm³/mol. The van der Waals surface area contributed by atoms with E-state index in [1.807, 2.05) is 6.92 Å². The lowest BCUT2D eigenvalue weighted by Gasteiger charge is -2.48. The van der Waals surface area contributed by atoms with Crippen molar-refractivity contribution in [3.63, 3.8) is 0 Å². The molecule has 2 rings (SSSR count). The average Bonchev–Trinajstić information content (AvgIpc) is 2.28. The highest BCUT2D eigenvalue weighted by molar-refractivity contribution is 5.78. The van der Waals surface area contributed by atoms with E-state index in [9.17, 15) is 4.79 Å². The van der Waals surface area contributed by atoms with Gasteiger partial charge in [-0.2, -0.15) is 0 Å². The van der Waals surface area contributed by atoms with Gasteiger partial charge < -0.3 is 10.6 Å². The molecule has 0 aromatic rings. The number of hydrogen-bond donors (Lipinski definition) is 2. The number of nitrogens with zero attached hydrogens (tertiary/aromatic N) is 1. The molecule has 2 N–H and O–H groups in total. The van der Waals surface area contributed by atoms with Crippen LogP contribution in [0.2, 0.25) is 0 Å². The summed E-state index contributed by atoms with van der Waals surface area (Å²) in [5.74, 6) is 0.187. The van der Waals surface area contributed by atoms with Crippen molar-refractivity contribution in [3.8, 4) is 0 Å². The summed E-state index contributed by atoms with van der Waals surface area (Å²) < 4.78 is 0. The van der Waals surface area contributed by atoms with Gasteiger partial charge >= 0.3 is 0 Å². The van der Waals surface area contributed by atoms with Crippen LogP contribution in [0.25, 0.3) is 0 Å². The van der Waals surface area contributed by atoms with Crippen LogP contribution in [-0.2, 0) is 4.79 Å². The molecular weight excluding hydrogens is 214 g/mol. The topological polar surface area (TPSA) is 44.4 Å². The van der Waals surface area contributed by atoms with Crippen molar-refractivity contribution in [2.75, 3.05) is 20.1 Å². The summed E-state index contributed by atoms with van der Waals surface area (Å²) >= 11 is 0. The third kappa shape index (κ3) is 2.99. The van der Waals surface area contributed by atoms with Crippen molar-refractivity contribution in [2.45, 2.75) is 57.2 Å². The molecule has 2 aliphatic rings. The first-order valence-electron chi connectivity index (χ1n) is 6.94. The van der Waals surface area contributed by atoms with Crippen LogP contribution in [-0.4, -0.2) is 49.1 Å². The van der Waals surface area contributed by atoms with Crippen LogP contribution in [0.3, 0.4) is 0 Å². The van der Waals surface area contributed by atoms with E-state index in [-0.39, 0.29) is 5.91 Å². The number of likely N-dealkylation sites (N-methyl/N-ethyl adjacent to an activating group) is 1. The summed E-state index contributed by atoms with van der Waals surface area (Å²) in [6, 6.07) is 1.88. The van der Waals surface area contributed by atoms with E-state index in [0.717, 1.165) is 6.54 Å². The van der Waals surface area contributed by atoms with E-state index < -0.39 is 0 Å². The van der Waals surface area contributed by atoms with Gasteiger partial charge in [-0.25, -0.2) is 0 Å². The van der Waals surface area contributed by atoms with Gasteiger partial charge in [-0.05, 0) is 39.7 Å². The van der Waals surface area contributed by atoms with Crippen molar-refractivity contribution in [1.82, 2.24) is 15.5 Å². The number of amides is 1. The molecule has 4 heteroatoms. The standard InChI is InChI=1S/C13H25N3O/c1-3-15-13(17)9-16-11-5-4-6-12(16)8-10(7-11)14-2/h10-12,14H,3-9H2,1-2H3,(H,15,17)/t10-,11-,12+. The molecule has 0 unspecified atom stereocenters. The second-order valence-corrected chi connectivity index (χ2v) is 5.32. The first kappa shape index (κ1) is 12.8. The van der Waals surface area contributed by atoms with E-state index in [4.69, 9.17) is 0 Å². The Morgan fingerprint density at radius 3 is 2.47 bits per heavy atom. The monoisotopic (exact) mass is 239 g/mol. The third-order valence-corrected chi connectivity index (χ3v) is 4.23. The van der Waals surface area contributed by atoms with Crippen molar-refractivity contribution < 1.29 is 4.79 Å². The molecule has 2 bridgehead atoms. The second kappa shape index (κ2) is 5.83. The lowest BCUT2D eigenvalue weighted by atomic mass is 9.82. The minimum absolute atomic E-state index is 0.187. The molecule has 2 saturated heterocycles. The number of hydrogen-bond acceptors (Lipinski definition) is 3. The van der Waals surface area contributed by atoms with Gasteiger partial charge in [0.2, 0.25) is 5.91 Å². The smallest absolute Gasteiger partial charge is 0.234 e. The number of carbonyl (C=O) groups excluding carboxylic acids is 1. The van der Waals surface area contributed by atoms with Crippen LogP contribution in [0.4, 0.5) is 0 Å². The third-order valence-electron chi connectivity index (χ3n) is 4.23. The van der Waals surface area contributed by atoms with Gasteiger partial charge in [-0.15, -0.1) is 0 Å².